The highest BCUT2D eigenvalue weighted by atomic mass is 19.1. The molecule has 34 heavy (non-hydrogen) atoms. The Bertz CT molecular complexity index is 1410. The first-order valence-electron chi connectivity index (χ1n) is 11.5. The van der Waals surface area contributed by atoms with E-state index in [0.717, 1.165) is 25.9 Å². The van der Waals surface area contributed by atoms with Crippen molar-refractivity contribution in [2.75, 3.05) is 25.1 Å². The number of rotatable bonds is 4. The van der Waals surface area contributed by atoms with Crippen LogP contribution in [0.15, 0.2) is 30.5 Å². The summed E-state index contributed by atoms with van der Waals surface area (Å²) in [6, 6.07) is 5.96. The number of aromatic nitrogens is 3. The number of pyridine rings is 1. The van der Waals surface area contributed by atoms with Crippen LogP contribution in [0.4, 0.5) is 14.6 Å². The summed E-state index contributed by atoms with van der Waals surface area (Å²) in [6.45, 7) is 5.62. The van der Waals surface area contributed by atoms with Crippen LogP contribution in [0.3, 0.4) is 0 Å². The molecule has 0 radical (unpaired) electrons. The first kappa shape index (κ1) is 22.3. The van der Waals surface area contributed by atoms with Crippen molar-refractivity contribution in [1.29, 1.82) is 0 Å². The molecule has 6 nitrogen and oxygen atoms in total. The Kier molecular flexibility index (Phi) is 5.67. The number of aromatic hydroxyl groups is 1. The third kappa shape index (κ3) is 3.67. The predicted octanol–water partition coefficient (Wildman–Crippen LogP) is 5.64. The molecule has 8 heteroatoms. The Balaban J connectivity index is 1.78. The van der Waals surface area contributed by atoms with Gasteiger partial charge in [0, 0.05) is 24.8 Å². The van der Waals surface area contributed by atoms with Gasteiger partial charge < -0.3 is 14.7 Å². The van der Waals surface area contributed by atoms with Gasteiger partial charge in [0.25, 0.3) is 0 Å². The second kappa shape index (κ2) is 8.66. The average Bonchev–Trinajstić information content (AvgIpc) is 2.83. The molecule has 1 N–H and O–H groups in total. The molecule has 1 aliphatic rings. The lowest BCUT2D eigenvalue weighted by Gasteiger charge is -2.32. The van der Waals surface area contributed by atoms with Gasteiger partial charge in [-0.05, 0) is 59.7 Å². The third-order valence-electron chi connectivity index (χ3n) is 6.54. The second-order valence-electron chi connectivity index (χ2n) is 8.88. The zero-order valence-electron chi connectivity index (χ0n) is 19.4. The van der Waals surface area contributed by atoms with Crippen LogP contribution in [0.1, 0.15) is 32.3 Å². The standard InChI is InChI=1S/C26H26F2N4O2/c1-4-17-20(27)8-7-15-10-16(33)11-18(21(15)17)23-22(28)24-19(12-29-23)25(31-26(30-24)34-3)32-9-5-6-14(2)13-32/h7-8,10-12,14,33H,4-6,9,13H2,1-3H3. The Morgan fingerprint density at radius 1 is 1.21 bits per heavy atom. The lowest BCUT2D eigenvalue weighted by molar-refractivity contribution is 0.379. The number of methoxy groups -OCH3 is 1. The van der Waals surface area contributed by atoms with Crippen molar-refractivity contribution in [3.8, 4) is 23.0 Å². The summed E-state index contributed by atoms with van der Waals surface area (Å²) in [5, 5.41) is 12.0. The molecule has 176 valence electrons. The molecule has 1 atom stereocenters. The molecule has 1 unspecified atom stereocenters. The first-order chi connectivity index (χ1) is 16.4. The largest absolute Gasteiger partial charge is 0.508 e. The van der Waals surface area contributed by atoms with E-state index in [4.69, 9.17) is 4.74 Å². The number of hydrogen-bond donors (Lipinski definition) is 1. The Morgan fingerprint density at radius 3 is 2.76 bits per heavy atom. The number of hydrogen-bond acceptors (Lipinski definition) is 6. The number of ether oxygens (including phenoxy) is 1. The molecule has 3 heterocycles. The molecular weight excluding hydrogens is 438 g/mol. The molecule has 0 saturated carbocycles. The van der Waals surface area contributed by atoms with Gasteiger partial charge in [0.1, 0.15) is 28.6 Å². The number of fused-ring (bicyclic) bond motifs is 2. The van der Waals surface area contributed by atoms with Gasteiger partial charge in [0.2, 0.25) is 0 Å². The van der Waals surface area contributed by atoms with Crippen LogP contribution in [0.5, 0.6) is 11.8 Å². The maximum absolute atomic E-state index is 16.1. The van der Waals surface area contributed by atoms with Crippen LogP contribution in [0.2, 0.25) is 0 Å². The van der Waals surface area contributed by atoms with Crippen molar-refractivity contribution in [2.45, 2.75) is 33.1 Å². The van der Waals surface area contributed by atoms with Crippen LogP contribution in [0.25, 0.3) is 32.9 Å². The van der Waals surface area contributed by atoms with Crippen molar-refractivity contribution in [2.24, 2.45) is 5.92 Å². The maximum atomic E-state index is 16.1. The lowest BCUT2D eigenvalue weighted by Crippen LogP contribution is -2.35. The van der Waals surface area contributed by atoms with E-state index in [1.54, 1.807) is 12.3 Å². The minimum atomic E-state index is -0.664. The Labute approximate surface area is 196 Å². The average molecular weight is 465 g/mol. The summed E-state index contributed by atoms with van der Waals surface area (Å²) >= 11 is 0. The molecule has 1 fully saturated rings. The number of aryl methyl sites for hydroxylation is 1. The second-order valence-corrected chi connectivity index (χ2v) is 8.88. The number of phenolic OH excluding ortho intramolecular Hbond substituents is 1. The normalized spacial score (nSPS) is 16.4. The number of halogens is 2. The van der Waals surface area contributed by atoms with E-state index in [1.807, 2.05) is 6.92 Å². The van der Waals surface area contributed by atoms with Gasteiger partial charge in [-0.1, -0.05) is 19.9 Å². The molecule has 0 aliphatic carbocycles. The molecule has 2 aromatic carbocycles. The van der Waals surface area contributed by atoms with Crippen LogP contribution < -0.4 is 9.64 Å². The van der Waals surface area contributed by atoms with Crippen molar-refractivity contribution in [3.63, 3.8) is 0 Å². The highest BCUT2D eigenvalue weighted by Gasteiger charge is 2.25. The molecular formula is C26H26F2N4O2. The van der Waals surface area contributed by atoms with Crippen LogP contribution in [0, 0.1) is 17.6 Å². The zero-order chi connectivity index (χ0) is 24.0. The Morgan fingerprint density at radius 2 is 2.03 bits per heavy atom. The van der Waals surface area contributed by atoms with Crippen LogP contribution in [-0.2, 0) is 6.42 Å². The molecule has 1 aliphatic heterocycles. The lowest BCUT2D eigenvalue weighted by atomic mass is 9.94. The quantitative estimate of drug-likeness (QED) is 0.422. The highest BCUT2D eigenvalue weighted by molar-refractivity contribution is 6.01. The molecule has 1 saturated heterocycles. The molecule has 0 spiro atoms. The smallest absolute Gasteiger partial charge is 0.318 e. The fraction of sp³-hybridized carbons (Fsp3) is 0.346. The van der Waals surface area contributed by atoms with E-state index in [2.05, 4.69) is 26.8 Å². The molecule has 2 aromatic heterocycles. The van der Waals surface area contributed by atoms with E-state index in [9.17, 15) is 9.50 Å². The van der Waals surface area contributed by atoms with Crippen molar-refractivity contribution in [1.82, 2.24) is 15.0 Å². The summed E-state index contributed by atoms with van der Waals surface area (Å²) < 4.78 is 36.0. The van der Waals surface area contributed by atoms with Gasteiger partial charge in [0.15, 0.2) is 5.82 Å². The van der Waals surface area contributed by atoms with Crippen LogP contribution >= 0.6 is 0 Å². The molecule has 4 aromatic rings. The number of nitrogens with zero attached hydrogens (tertiary/aromatic N) is 4. The summed E-state index contributed by atoms with van der Waals surface area (Å²) in [5.41, 5.74) is 0.831. The van der Waals surface area contributed by atoms with Gasteiger partial charge in [-0.15, -0.1) is 0 Å². The predicted molar refractivity (Wildman–Crippen MR) is 128 cm³/mol. The molecule has 0 bridgehead atoms. The topological polar surface area (TPSA) is 71.4 Å². The van der Waals surface area contributed by atoms with E-state index < -0.39 is 5.82 Å². The van der Waals surface area contributed by atoms with Gasteiger partial charge in [0.05, 0.1) is 12.5 Å². The molecule has 0 amide bonds. The summed E-state index contributed by atoms with van der Waals surface area (Å²) in [6.07, 6.45) is 4.12. The SMILES string of the molecule is CCc1c(F)ccc2cc(O)cc(-c3ncc4c(N5CCCC(C)C5)nc(OC)nc4c3F)c12. The fourth-order valence-electron chi connectivity index (χ4n) is 4.96. The first-order valence-corrected chi connectivity index (χ1v) is 11.5. The summed E-state index contributed by atoms with van der Waals surface area (Å²) in [4.78, 5) is 15.4. The zero-order valence-corrected chi connectivity index (χ0v) is 19.4. The van der Waals surface area contributed by atoms with E-state index in [0.29, 0.717) is 45.4 Å². The Hall–Kier alpha value is -3.55. The monoisotopic (exact) mass is 464 g/mol. The van der Waals surface area contributed by atoms with Gasteiger partial charge >= 0.3 is 6.01 Å². The van der Waals surface area contributed by atoms with Crippen molar-refractivity contribution in [3.05, 3.63) is 47.7 Å². The summed E-state index contributed by atoms with van der Waals surface area (Å²) in [7, 11) is 1.45. The highest BCUT2D eigenvalue weighted by Crippen LogP contribution is 2.39. The van der Waals surface area contributed by atoms with Crippen LogP contribution in [-0.4, -0.2) is 40.3 Å². The molecule has 5 rings (SSSR count). The fourth-order valence-corrected chi connectivity index (χ4v) is 4.96. The summed E-state index contributed by atoms with van der Waals surface area (Å²) in [5.74, 6) is -0.0210. The van der Waals surface area contributed by atoms with E-state index in [-0.39, 0.29) is 28.8 Å². The van der Waals surface area contributed by atoms with Gasteiger partial charge in [-0.25, -0.2) is 8.78 Å². The number of anilines is 1. The number of benzene rings is 2. The van der Waals surface area contributed by atoms with Crippen molar-refractivity contribution < 1.29 is 18.6 Å². The number of piperidine rings is 1. The minimum absolute atomic E-state index is 0.00702. The van der Waals surface area contributed by atoms with E-state index >= 15 is 4.39 Å². The minimum Gasteiger partial charge on any atom is -0.508 e. The van der Waals surface area contributed by atoms with Gasteiger partial charge in [-0.3, -0.25) is 4.98 Å². The van der Waals surface area contributed by atoms with E-state index in [1.165, 1.54) is 25.3 Å². The number of phenols is 1. The van der Waals surface area contributed by atoms with Gasteiger partial charge in [-0.2, -0.15) is 9.97 Å². The van der Waals surface area contributed by atoms with Crippen molar-refractivity contribution >= 4 is 27.5 Å². The third-order valence-corrected chi connectivity index (χ3v) is 6.54. The maximum Gasteiger partial charge on any atom is 0.318 e.